The van der Waals surface area contributed by atoms with E-state index in [-0.39, 0.29) is 123 Å². The lowest BCUT2D eigenvalue weighted by molar-refractivity contribution is -0.292. The Kier molecular flexibility index (Phi) is 10.0. The van der Waals surface area contributed by atoms with Gasteiger partial charge < -0.3 is 52.8 Å². The normalized spacial score (nSPS) is 52.4. The highest BCUT2D eigenvalue weighted by molar-refractivity contribution is 5.79. The van der Waals surface area contributed by atoms with Crippen molar-refractivity contribution in [3.63, 3.8) is 0 Å². The Morgan fingerprint density at radius 1 is 0.788 bits per heavy atom. The summed E-state index contributed by atoms with van der Waals surface area (Å²) < 4.78 is 59.8. The monoisotopic (exact) mass is 730 g/mol. The van der Waals surface area contributed by atoms with Crippen LogP contribution in [0.15, 0.2) is 24.3 Å². The van der Waals surface area contributed by atoms with Crippen molar-refractivity contribution in [3.05, 3.63) is 24.3 Å². The highest BCUT2D eigenvalue weighted by Gasteiger charge is 2.68. The van der Waals surface area contributed by atoms with Gasteiger partial charge >= 0.3 is 0 Å². The number of ether oxygens (including phenoxy) is 9. The summed E-state index contributed by atoms with van der Waals surface area (Å²) >= 11 is 0. The Morgan fingerprint density at radius 2 is 1.54 bits per heavy atom. The maximum Gasteiger partial charge on any atom is 0.172 e. The van der Waals surface area contributed by atoms with E-state index in [9.17, 15) is 15.0 Å². The van der Waals surface area contributed by atoms with Crippen LogP contribution in [0.1, 0.15) is 90.4 Å². The summed E-state index contributed by atoms with van der Waals surface area (Å²) in [7, 11) is 1.63. The first kappa shape index (κ1) is 36.4. The van der Waals surface area contributed by atoms with Crippen molar-refractivity contribution >= 4 is 5.78 Å². The molecular weight excluding hydrogens is 672 g/mol. The average Bonchev–Trinajstić information content (AvgIpc) is 3.79. The van der Waals surface area contributed by atoms with Crippen molar-refractivity contribution in [1.82, 2.24) is 0 Å². The molecule has 10 rings (SSSR count). The van der Waals surface area contributed by atoms with E-state index in [1.165, 1.54) is 0 Å². The maximum absolute atomic E-state index is 14.0. The molecule has 0 aromatic rings. The third-order valence-electron chi connectivity index (χ3n) is 13.9. The lowest BCUT2D eigenvalue weighted by Gasteiger charge is -2.47. The number of aliphatic hydroxyl groups excluding tert-OH is 2. The second-order valence-corrected chi connectivity index (χ2v) is 17.4. The third kappa shape index (κ3) is 6.59. The van der Waals surface area contributed by atoms with Gasteiger partial charge in [0.2, 0.25) is 0 Å². The minimum atomic E-state index is -0.951. The van der Waals surface area contributed by atoms with Crippen LogP contribution in [-0.2, 0) is 47.4 Å². The van der Waals surface area contributed by atoms with E-state index < -0.39 is 24.1 Å². The second kappa shape index (κ2) is 14.3. The highest BCUT2D eigenvalue weighted by Crippen LogP contribution is 2.54. The molecule has 0 amide bonds. The number of fused-ring (bicyclic) bond motifs is 6. The summed E-state index contributed by atoms with van der Waals surface area (Å²) in [4.78, 5) is 14.0. The Bertz CT molecular complexity index is 1370. The van der Waals surface area contributed by atoms with Gasteiger partial charge in [0.15, 0.2) is 5.79 Å². The third-order valence-corrected chi connectivity index (χ3v) is 13.9. The van der Waals surface area contributed by atoms with Gasteiger partial charge in [-0.25, -0.2) is 0 Å². The van der Waals surface area contributed by atoms with Gasteiger partial charge in [0.05, 0.1) is 73.8 Å². The Balaban J connectivity index is 0.994. The molecule has 10 aliphatic heterocycles. The van der Waals surface area contributed by atoms with E-state index in [1.54, 1.807) is 7.11 Å². The van der Waals surface area contributed by atoms with Crippen molar-refractivity contribution < 1.29 is 57.6 Å². The van der Waals surface area contributed by atoms with Gasteiger partial charge in [-0.2, -0.15) is 0 Å². The molecule has 13 unspecified atom stereocenters. The number of hydrogen-bond donors (Lipinski definition) is 2. The van der Waals surface area contributed by atoms with E-state index in [4.69, 9.17) is 42.6 Å². The fourth-order valence-electron chi connectivity index (χ4n) is 11.3. The van der Waals surface area contributed by atoms with Crippen LogP contribution in [0.3, 0.4) is 0 Å². The number of ketones is 1. The molecular formula is C40H58O12. The predicted octanol–water partition coefficient (Wildman–Crippen LogP) is 3.47. The van der Waals surface area contributed by atoms with Crippen LogP contribution < -0.4 is 0 Å². The Hall–Kier alpha value is -1.29. The van der Waals surface area contributed by atoms with Crippen LogP contribution >= 0.6 is 0 Å². The van der Waals surface area contributed by atoms with Gasteiger partial charge in [-0.3, -0.25) is 4.79 Å². The fourth-order valence-corrected chi connectivity index (χ4v) is 11.3. The topological polar surface area (TPSA) is 141 Å². The van der Waals surface area contributed by atoms with Gasteiger partial charge in [-0.15, -0.1) is 0 Å². The molecule has 10 fully saturated rings. The largest absolute Gasteiger partial charge is 0.394 e. The molecule has 0 aromatic carbocycles. The fraction of sp³-hybridized carbons (Fsp3) is 0.875. The minimum absolute atomic E-state index is 0.0260. The predicted molar refractivity (Wildman–Crippen MR) is 184 cm³/mol. The van der Waals surface area contributed by atoms with Gasteiger partial charge in [0.1, 0.15) is 36.3 Å². The van der Waals surface area contributed by atoms with E-state index in [0.29, 0.717) is 25.7 Å². The van der Waals surface area contributed by atoms with Crippen LogP contribution in [-0.4, -0.2) is 133 Å². The first-order chi connectivity index (χ1) is 25.1. The molecule has 10 saturated heterocycles. The molecule has 10 heterocycles. The number of carbonyl (C=O) groups is 1. The molecule has 52 heavy (non-hydrogen) atoms. The van der Waals surface area contributed by atoms with Crippen LogP contribution in [0.5, 0.6) is 0 Å². The van der Waals surface area contributed by atoms with Gasteiger partial charge in [-0.1, -0.05) is 20.1 Å². The minimum Gasteiger partial charge on any atom is -0.394 e. The number of Topliss-reactive ketones (excluding diaryl/α,β-unsaturated/α-hetero) is 1. The molecule has 12 heteroatoms. The molecule has 0 aromatic heterocycles. The van der Waals surface area contributed by atoms with E-state index in [1.807, 2.05) is 0 Å². The summed E-state index contributed by atoms with van der Waals surface area (Å²) in [6.07, 6.45) is 4.01. The zero-order valence-electron chi connectivity index (χ0n) is 30.7. The number of carbonyl (C=O) groups excluding carboxylic acids is 1. The lowest BCUT2D eigenvalue weighted by atomic mass is 9.81. The average molecular weight is 731 g/mol. The molecule has 19 atom stereocenters. The zero-order chi connectivity index (χ0) is 35.9. The summed E-state index contributed by atoms with van der Waals surface area (Å²) in [5.41, 5.74) is 2.17. The van der Waals surface area contributed by atoms with Crippen LogP contribution in [0.25, 0.3) is 0 Å². The smallest absolute Gasteiger partial charge is 0.172 e. The van der Waals surface area contributed by atoms with Crippen molar-refractivity contribution in [2.24, 2.45) is 11.8 Å². The molecule has 0 saturated carbocycles. The molecule has 290 valence electrons. The van der Waals surface area contributed by atoms with Crippen molar-refractivity contribution in [2.75, 3.05) is 13.7 Å². The van der Waals surface area contributed by atoms with Gasteiger partial charge in [0, 0.05) is 51.6 Å². The number of aliphatic hydroxyl groups is 2. The van der Waals surface area contributed by atoms with Crippen molar-refractivity contribution in [3.8, 4) is 0 Å². The summed E-state index contributed by atoms with van der Waals surface area (Å²) in [5.74, 6) is -0.709. The Labute approximate surface area is 306 Å². The lowest BCUT2D eigenvalue weighted by Crippen LogP contribution is -2.61. The van der Waals surface area contributed by atoms with Crippen LogP contribution in [0.4, 0.5) is 0 Å². The standard InChI is InChI=1S/C40H58O12/c1-19-11-24-5-7-28-20(2)12-26(45-28)9-10-40-17-33-36(51-40)37-38(50-33)39(52-40)35-29(49-37)8-6-25(47-35)13-22(42)14-27-31(16-30(46-24)21(19)3)48-32(34(27)44-4)15-23(43)18-41/h19,23-39,41,43H,2-3,5-18H2,1,4H3/t19?,23?,24?,25?,26?,27?,28-,29?,30?,31?,32+,33?,34+,35-,36?,37-,38?,39?,40-/m0/s1. The molecule has 10 aliphatic rings. The van der Waals surface area contributed by atoms with Crippen molar-refractivity contribution in [1.29, 1.82) is 0 Å². The highest BCUT2D eigenvalue weighted by atomic mass is 16.8. The number of hydrogen-bond acceptors (Lipinski definition) is 12. The molecule has 2 N–H and O–H groups in total. The molecule has 0 aliphatic carbocycles. The van der Waals surface area contributed by atoms with E-state index in [0.717, 1.165) is 49.7 Å². The zero-order valence-corrected chi connectivity index (χ0v) is 30.7. The molecule has 12 bridgehead atoms. The summed E-state index contributed by atoms with van der Waals surface area (Å²) in [5, 5.41) is 20.1. The van der Waals surface area contributed by atoms with Gasteiger partial charge in [0.25, 0.3) is 0 Å². The first-order valence-electron chi connectivity index (χ1n) is 20.1. The first-order valence-corrected chi connectivity index (χ1v) is 20.1. The van der Waals surface area contributed by atoms with E-state index >= 15 is 0 Å². The second-order valence-electron chi connectivity index (χ2n) is 17.4. The van der Waals surface area contributed by atoms with Crippen LogP contribution in [0.2, 0.25) is 0 Å². The molecule has 12 nitrogen and oxygen atoms in total. The van der Waals surface area contributed by atoms with Crippen molar-refractivity contribution in [2.45, 2.75) is 194 Å². The summed E-state index contributed by atoms with van der Waals surface area (Å²) in [6, 6.07) is 0. The molecule has 1 spiro atoms. The van der Waals surface area contributed by atoms with Crippen LogP contribution in [0, 0.1) is 11.8 Å². The van der Waals surface area contributed by atoms with Gasteiger partial charge in [-0.05, 0) is 62.0 Å². The number of rotatable bonds is 4. The number of methoxy groups -OCH3 is 1. The summed E-state index contributed by atoms with van der Waals surface area (Å²) in [6.45, 7) is 10.7. The Morgan fingerprint density at radius 3 is 2.37 bits per heavy atom. The molecule has 0 radical (unpaired) electrons. The maximum atomic E-state index is 14.0. The van der Waals surface area contributed by atoms with E-state index in [2.05, 4.69) is 20.1 Å². The quantitative estimate of drug-likeness (QED) is 0.410. The SMILES string of the molecule is C=C1C(C)CC2CC[C@@H]3OC(CC[C@@]45CC6OC7C(O4)[C@H]4OC(CCC4O[C@H]7C6O5)CC(=O)CC4C(CC1O2)O[C@H](CC(O)CO)[C@@H]4OC)CC3=C.